The molecule has 15 heteroatoms. The van der Waals surface area contributed by atoms with E-state index in [0.29, 0.717) is 16.0 Å². The number of nitrogens with one attached hydrogen (secondary N) is 1. The second-order valence-electron chi connectivity index (χ2n) is 9.23. The molecule has 2 amide bonds. The number of rotatable bonds is 5. The minimum absolute atomic E-state index is 0.0552. The Kier molecular flexibility index (Phi) is 6.05. The molecule has 0 saturated carbocycles. The highest BCUT2D eigenvalue weighted by atomic mass is 35.5. The van der Waals surface area contributed by atoms with Crippen molar-refractivity contribution < 1.29 is 36.8 Å². The molecule has 1 saturated heterocycles. The van der Waals surface area contributed by atoms with Gasteiger partial charge in [0.15, 0.2) is 11.4 Å². The van der Waals surface area contributed by atoms with Gasteiger partial charge in [-0.25, -0.2) is 14.2 Å². The van der Waals surface area contributed by atoms with Crippen molar-refractivity contribution in [2.75, 3.05) is 0 Å². The van der Waals surface area contributed by atoms with E-state index in [9.17, 15) is 27.6 Å². The number of alkyl carbamates (subject to hydrolysis) is 1. The Labute approximate surface area is 236 Å². The van der Waals surface area contributed by atoms with Crippen LogP contribution in [0.1, 0.15) is 18.1 Å². The summed E-state index contributed by atoms with van der Waals surface area (Å²) < 4.78 is 56.1. The van der Waals surface area contributed by atoms with Gasteiger partial charge in [-0.3, -0.25) is 14.7 Å². The molecule has 10 nitrogen and oxygen atoms in total. The molecule has 41 heavy (non-hydrogen) atoms. The molecular formula is C26H15Cl2F3N4O6. The maximum Gasteiger partial charge on any atom is 0.573 e. The number of fused-ring (bicyclic) bond motifs is 2. The first-order valence-electron chi connectivity index (χ1n) is 11.7. The van der Waals surface area contributed by atoms with Crippen LogP contribution in [0.5, 0.6) is 5.75 Å². The summed E-state index contributed by atoms with van der Waals surface area (Å²) in [4.78, 5) is 38.0. The van der Waals surface area contributed by atoms with E-state index in [4.69, 9.17) is 32.5 Å². The fourth-order valence-electron chi connectivity index (χ4n) is 4.67. The van der Waals surface area contributed by atoms with Crippen LogP contribution in [0.2, 0.25) is 10.0 Å². The minimum atomic E-state index is -4.98. The van der Waals surface area contributed by atoms with Crippen LogP contribution in [0, 0.1) is 0 Å². The lowest BCUT2D eigenvalue weighted by atomic mass is 9.94. The quantitative estimate of drug-likeness (QED) is 0.274. The van der Waals surface area contributed by atoms with Crippen LogP contribution in [0.15, 0.2) is 63.9 Å². The molecule has 5 aromatic rings. The first-order chi connectivity index (χ1) is 19.3. The average molecular weight is 607 g/mol. The summed E-state index contributed by atoms with van der Waals surface area (Å²) in [7, 11) is 0. The van der Waals surface area contributed by atoms with Crippen LogP contribution in [-0.4, -0.2) is 32.7 Å². The molecule has 3 heterocycles. The molecule has 3 aromatic carbocycles. The van der Waals surface area contributed by atoms with E-state index in [2.05, 4.69) is 15.2 Å². The summed E-state index contributed by atoms with van der Waals surface area (Å²) in [6.45, 7) is 1.14. The number of carbonyl (C=O) groups excluding carboxylic acids is 2. The summed E-state index contributed by atoms with van der Waals surface area (Å²) in [5, 5.41) is 7.05. The van der Waals surface area contributed by atoms with Gasteiger partial charge in [-0.15, -0.1) is 13.2 Å². The van der Waals surface area contributed by atoms with E-state index in [0.717, 1.165) is 12.1 Å². The van der Waals surface area contributed by atoms with Crippen LogP contribution in [-0.2, 0) is 21.7 Å². The standard InChI is InChI=1S/C26H15Cl2F3N4O6/c1-25(22(36)32-23(37)40-25)13-2-6-17(28)12(8-13)11-34-19-10-15(39-26(29,30)31)4-7-18(19)35(24(34)38)21-16-5-3-14(27)9-20(16)41-33-21/h2-10H,11H2,1H3,(H,32,36,37)/t25-/m1/s1. The zero-order chi connectivity index (χ0) is 29.3. The molecule has 1 atom stereocenters. The smallest absolute Gasteiger partial charge is 0.428 e. The van der Waals surface area contributed by atoms with Gasteiger partial charge in [0.1, 0.15) is 5.75 Å². The maximum absolute atomic E-state index is 13.9. The summed E-state index contributed by atoms with van der Waals surface area (Å²) in [6.07, 6.45) is -5.90. The molecule has 0 aliphatic carbocycles. The monoisotopic (exact) mass is 606 g/mol. The molecule has 210 valence electrons. The highest BCUT2D eigenvalue weighted by Crippen LogP contribution is 2.34. The second kappa shape index (κ2) is 9.28. The van der Waals surface area contributed by atoms with Crippen LogP contribution < -0.4 is 15.7 Å². The number of imide groups is 1. The normalized spacial score (nSPS) is 17.3. The Morgan fingerprint density at radius 3 is 2.51 bits per heavy atom. The topological polar surface area (TPSA) is 118 Å². The Bertz CT molecular complexity index is 1960. The number of hydrogen-bond donors (Lipinski definition) is 1. The van der Waals surface area contributed by atoms with Crippen molar-refractivity contribution in [2.45, 2.75) is 25.4 Å². The molecule has 0 bridgehead atoms. The predicted octanol–water partition coefficient (Wildman–Crippen LogP) is 5.67. The number of amides is 2. The van der Waals surface area contributed by atoms with Crippen molar-refractivity contribution in [1.82, 2.24) is 19.6 Å². The van der Waals surface area contributed by atoms with Gasteiger partial charge < -0.3 is 14.0 Å². The van der Waals surface area contributed by atoms with E-state index >= 15 is 0 Å². The van der Waals surface area contributed by atoms with E-state index in [1.165, 1.54) is 46.4 Å². The van der Waals surface area contributed by atoms with Crippen molar-refractivity contribution in [3.8, 4) is 11.6 Å². The van der Waals surface area contributed by atoms with Gasteiger partial charge in [-0.1, -0.05) is 34.4 Å². The Hall–Kier alpha value is -4.49. The Balaban J connectivity index is 1.54. The lowest BCUT2D eigenvalue weighted by molar-refractivity contribution is -0.274. The molecule has 1 N–H and O–H groups in total. The Morgan fingerprint density at radius 1 is 1.02 bits per heavy atom. The number of benzene rings is 3. The number of nitrogens with zero attached hydrogens (tertiary/aromatic N) is 3. The highest BCUT2D eigenvalue weighted by Gasteiger charge is 2.46. The third-order valence-corrected chi connectivity index (χ3v) is 7.24. The van der Waals surface area contributed by atoms with Gasteiger partial charge in [0.2, 0.25) is 5.60 Å². The van der Waals surface area contributed by atoms with Gasteiger partial charge in [0, 0.05) is 27.7 Å². The first-order valence-corrected chi connectivity index (χ1v) is 12.5. The molecular weight excluding hydrogens is 592 g/mol. The van der Waals surface area contributed by atoms with Crippen LogP contribution in [0.25, 0.3) is 27.8 Å². The number of ether oxygens (including phenoxy) is 2. The number of imidazole rings is 1. The van der Waals surface area contributed by atoms with Gasteiger partial charge in [0.05, 0.1) is 23.0 Å². The predicted molar refractivity (Wildman–Crippen MR) is 139 cm³/mol. The summed E-state index contributed by atoms with van der Waals surface area (Å²) in [6, 6.07) is 12.5. The zero-order valence-electron chi connectivity index (χ0n) is 20.6. The fraction of sp³-hybridized carbons (Fsp3) is 0.154. The van der Waals surface area contributed by atoms with E-state index in [1.807, 2.05) is 0 Å². The number of halogens is 5. The highest BCUT2D eigenvalue weighted by molar-refractivity contribution is 6.31. The molecule has 0 spiro atoms. The largest absolute Gasteiger partial charge is 0.573 e. The van der Waals surface area contributed by atoms with Crippen LogP contribution in [0.4, 0.5) is 18.0 Å². The maximum atomic E-state index is 13.9. The number of aromatic nitrogens is 3. The summed E-state index contributed by atoms with van der Waals surface area (Å²) in [5.41, 5.74) is -1.25. The van der Waals surface area contributed by atoms with Gasteiger partial charge in [-0.05, 0) is 48.9 Å². The van der Waals surface area contributed by atoms with E-state index in [-0.39, 0.29) is 39.6 Å². The minimum Gasteiger partial charge on any atom is -0.428 e. The van der Waals surface area contributed by atoms with E-state index < -0.39 is 35.4 Å². The first kappa shape index (κ1) is 26.7. The zero-order valence-corrected chi connectivity index (χ0v) is 22.1. The number of hydrogen-bond acceptors (Lipinski definition) is 7. The molecule has 1 fully saturated rings. The SMILES string of the molecule is C[C@]1(c2ccc(Cl)c(Cn3c(=O)n(-c4noc5cc(Cl)ccc45)c4ccc(OC(F)(F)F)cc43)c2)OC(=O)NC1=O. The average Bonchev–Trinajstić information content (AvgIpc) is 3.50. The lowest BCUT2D eigenvalue weighted by Crippen LogP contribution is -2.33. The number of cyclic esters (lactones) is 1. The number of alkyl halides is 3. The van der Waals surface area contributed by atoms with Crippen molar-refractivity contribution >= 4 is 57.2 Å². The van der Waals surface area contributed by atoms with Gasteiger partial charge in [0.25, 0.3) is 5.91 Å². The van der Waals surface area contributed by atoms with Crippen molar-refractivity contribution in [1.29, 1.82) is 0 Å². The van der Waals surface area contributed by atoms with E-state index in [1.54, 1.807) is 12.1 Å². The number of carbonyl (C=O) groups is 2. The van der Waals surface area contributed by atoms with Crippen molar-refractivity contribution in [3.63, 3.8) is 0 Å². The lowest BCUT2D eigenvalue weighted by Gasteiger charge is -2.21. The molecule has 0 radical (unpaired) electrons. The summed E-state index contributed by atoms with van der Waals surface area (Å²) in [5.74, 6) is -1.18. The van der Waals surface area contributed by atoms with Crippen LogP contribution in [0.3, 0.4) is 0 Å². The molecule has 1 aliphatic heterocycles. The molecule has 6 rings (SSSR count). The van der Waals surface area contributed by atoms with Crippen molar-refractivity contribution in [3.05, 3.63) is 86.3 Å². The third-order valence-electron chi connectivity index (χ3n) is 6.63. The van der Waals surface area contributed by atoms with Crippen LogP contribution >= 0.6 is 23.2 Å². The van der Waals surface area contributed by atoms with Gasteiger partial charge in [-0.2, -0.15) is 0 Å². The van der Waals surface area contributed by atoms with Gasteiger partial charge >= 0.3 is 18.1 Å². The fourth-order valence-corrected chi connectivity index (χ4v) is 5.01. The molecule has 0 unspecified atom stereocenters. The Morgan fingerprint density at radius 2 is 1.80 bits per heavy atom. The second-order valence-corrected chi connectivity index (χ2v) is 10.1. The van der Waals surface area contributed by atoms with Crippen molar-refractivity contribution in [2.24, 2.45) is 0 Å². The molecule has 2 aromatic heterocycles. The molecule has 1 aliphatic rings. The summed E-state index contributed by atoms with van der Waals surface area (Å²) >= 11 is 12.5. The third kappa shape index (κ3) is 4.56.